The van der Waals surface area contributed by atoms with Crippen LogP contribution in [0.3, 0.4) is 0 Å². The van der Waals surface area contributed by atoms with Crippen LogP contribution < -0.4 is 20.9 Å². The molecular weight excluding hydrogens is 345 g/mol. The number of nitrogens with one attached hydrogen (secondary N) is 4. The number of carbonyl (C=O) groups is 2. The molecule has 1 aromatic carbocycles. The summed E-state index contributed by atoms with van der Waals surface area (Å²) >= 11 is 6.88. The number of anilines is 1. The van der Waals surface area contributed by atoms with Crippen molar-refractivity contribution in [2.24, 2.45) is 0 Å². The Morgan fingerprint density at radius 1 is 1.43 bits per heavy atom. The minimum atomic E-state index is -0.553. The highest BCUT2D eigenvalue weighted by atomic mass is 35.5. The van der Waals surface area contributed by atoms with Crippen molar-refractivity contribution in [3.63, 3.8) is 0 Å². The maximum atomic E-state index is 13.2. The van der Waals surface area contributed by atoms with Crippen molar-refractivity contribution in [3.8, 4) is 0 Å². The molecule has 1 saturated heterocycles. The van der Waals surface area contributed by atoms with Gasteiger partial charge in [0.1, 0.15) is 17.9 Å². The zero-order valence-corrected chi connectivity index (χ0v) is 14.1. The Bertz CT molecular complexity index is 606. The third-order valence-corrected chi connectivity index (χ3v) is 4.51. The first kappa shape index (κ1) is 18.0. The van der Waals surface area contributed by atoms with Gasteiger partial charge in [0.15, 0.2) is 0 Å². The van der Waals surface area contributed by atoms with E-state index in [1.807, 2.05) is 0 Å². The molecule has 1 aliphatic rings. The third-order valence-electron chi connectivity index (χ3n) is 3.29. The van der Waals surface area contributed by atoms with Crippen molar-refractivity contribution in [1.29, 1.82) is 0 Å². The fourth-order valence-corrected chi connectivity index (χ4v) is 3.06. The second-order valence-corrected chi connectivity index (χ2v) is 6.32. The molecule has 23 heavy (non-hydrogen) atoms. The van der Waals surface area contributed by atoms with Crippen LogP contribution in [0, 0.1) is 5.82 Å². The summed E-state index contributed by atoms with van der Waals surface area (Å²) < 4.78 is 17.8. The number of halogens is 2. The Labute approximate surface area is 142 Å². The van der Waals surface area contributed by atoms with E-state index in [4.69, 9.17) is 11.6 Å². The summed E-state index contributed by atoms with van der Waals surface area (Å²) in [5.41, 5.74) is 5.43. The normalized spacial score (nSPS) is 21.7. The molecule has 1 fully saturated rings. The highest BCUT2D eigenvalue weighted by Crippen LogP contribution is 2.24. The molecule has 2 atom stereocenters. The van der Waals surface area contributed by atoms with Gasteiger partial charge in [0, 0.05) is 24.9 Å². The van der Waals surface area contributed by atoms with Crippen LogP contribution in [0.1, 0.15) is 6.42 Å². The monoisotopic (exact) mass is 361 g/mol. The molecule has 0 saturated carbocycles. The number of amides is 2. The van der Waals surface area contributed by atoms with Gasteiger partial charge >= 0.3 is 0 Å². The standard InChI is InChI=1S/C13H17ClFN5O2S/c1-16-18-12(21)10-6-11(20(2)23-19-10)13(22)17-7-3-4-9(15)8(14)5-7/h3-5,10-11,16,19H,6H2,1-2H3,(H,17,22)(H,18,21). The van der Waals surface area contributed by atoms with Gasteiger partial charge in [-0.1, -0.05) is 11.6 Å². The Morgan fingerprint density at radius 2 is 2.17 bits per heavy atom. The van der Waals surface area contributed by atoms with Crippen LogP contribution in [0.25, 0.3) is 0 Å². The molecule has 1 aliphatic heterocycles. The Morgan fingerprint density at radius 3 is 2.83 bits per heavy atom. The van der Waals surface area contributed by atoms with Crippen LogP contribution in [-0.2, 0) is 9.59 Å². The van der Waals surface area contributed by atoms with E-state index in [0.29, 0.717) is 5.69 Å². The number of carbonyl (C=O) groups excluding carboxylic acids is 2. The summed E-state index contributed by atoms with van der Waals surface area (Å²) in [5.74, 6) is -1.11. The lowest BCUT2D eigenvalue weighted by molar-refractivity contribution is -0.125. The van der Waals surface area contributed by atoms with Gasteiger partial charge in [-0.15, -0.1) is 0 Å². The van der Waals surface area contributed by atoms with E-state index >= 15 is 0 Å². The smallest absolute Gasteiger partial charge is 0.252 e. The average molecular weight is 362 g/mol. The number of hydrazine groups is 1. The van der Waals surface area contributed by atoms with E-state index < -0.39 is 17.9 Å². The van der Waals surface area contributed by atoms with Crippen LogP contribution in [0.15, 0.2) is 18.2 Å². The predicted octanol–water partition coefficient (Wildman–Crippen LogP) is 0.894. The molecule has 0 spiro atoms. The Balaban J connectivity index is 2.04. The topological polar surface area (TPSA) is 85.5 Å². The second-order valence-electron chi connectivity index (χ2n) is 4.92. The van der Waals surface area contributed by atoms with E-state index in [9.17, 15) is 14.0 Å². The first-order valence-corrected chi connectivity index (χ1v) is 7.95. The highest BCUT2D eigenvalue weighted by Gasteiger charge is 2.35. The van der Waals surface area contributed by atoms with Gasteiger partial charge in [-0.2, -0.15) is 0 Å². The lowest BCUT2D eigenvalue weighted by Gasteiger charge is -2.34. The number of hydrogen-bond acceptors (Lipinski definition) is 6. The number of benzene rings is 1. The van der Waals surface area contributed by atoms with Crippen LogP contribution >= 0.6 is 23.7 Å². The first-order valence-electron chi connectivity index (χ1n) is 6.80. The molecule has 7 nitrogen and oxygen atoms in total. The molecular formula is C13H17ClFN5O2S. The van der Waals surface area contributed by atoms with E-state index in [1.165, 1.54) is 30.3 Å². The number of nitrogens with zero attached hydrogens (tertiary/aromatic N) is 1. The molecule has 126 valence electrons. The van der Waals surface area contributed by atoms with Crippen LogP contribution in [0.2, 0.25) is 5.02 Å². The highest BCUT2D eigenvalue weighted by molar-refractivity contribution is 7.95. The summed E-state index contributed by atoms with van der Waals surface area (Å²) in [6, 6.07) is 2.91. The van der Waals surface area contributed by atoms with Crippen molar-refractivity contribution < 1.29 is 14.0 Å². The summed E-state index contributed by atoms with van der Waals surface area (Å²) in [7, 11) is 3.33. The van der Waals surface area contributed by atoms with Gasteiger partial charge in [0.2, 0.25) is 5.91 Å². The van der Waals surface area contributed by atoms with Crippen molar-refractivity contribution in [1.82, 2.24) is 19.9 Å². The summed E-state index contributed by atoms with van der Waals surface area (Å²) in [4.78, 5) is 24.3. The van der Waals surface area contributed by atoms with Crippen molar-refractivity contribution >= 4 is 41.2 Å². The summed E-state index contributed by atoms with van der Waals surface area (Å²) in [6.07, 6.45) is 0.289. The average Bonchev–Trinajstić information content (AvgIpc) is 2.51. The van der Waals surface area contributed by atoms with Crippen molar-refractivity contribution in [2.75, 3.05) is 19.4 Å². The van der Waals surface area contributed by atoms with Gasteiger partial charge in [-0.25, -0.2) is 18.8 Å². The Kier molecular flexibility index (Phi) is 6.19. The molecule has 4 N–H and O–H groups in total. The van der Waals surface area contributed by atoms with E-state index in [1.54, 1.807) is 18.4 Å². The predicted molar refractivity (Wildman–Crippen MR) is 87.9 cm³/mol. The van der Waals surface area contributed by atoms with Gasteiger partial charge in [0.25, 0.3) is 5.91 Å². The SMILES string of the molecule is CNNC(=O)C1CC(C(=O)Nc2ccc(F)c(Cl)c2)N(C)SN1. The minimum absolute atomic E-state index is 0.0675. The van der Waals surface area contributed by atoms with Crippen LogP contribution in [-0.4, -0.2) is 42.3 Å². The molecule has 10 heteroatoms. The van der Waals surface area contributed by atoms with Gasteiger partial charge in [-0.05, 0) is 31.7 Å². The lowest BCUT2D eigenvalue weighted by Crippen LogP contribution is -2.55. The first-order chi connectivity index (χ1) is 10.9. The van der Waals surface area contributed by atoms with Gasteiger partial charge in [-0.3, -0.25) is 15.0 Å². The number of rotatable bonds is 4. The van der Waals surface area contributed by atoms with Crippen molar-refractivity contribution in [2.45, 2.75) is 18.5 Å². The molecule has 1 heterocycles. The van der Waals surface area contributed by atoms with Crippen LogP contribution in [0.5, 0.6) is 0 Å². The lowest BCUT2D eigenvalue weighted by atomic mass is 10.1. The molecule has 0 aromatic heterocycles. The number of hydrogen-bond donors (Lipinski definition) is 4. The second kappa shape index (κ2) is 7.93. The third kappa shape index (κ3) is 4.55. The van der Waals surface area contributed by atoms with E-state index in [-0.39, 0.29) is 23.3 Å². The minimum Gasteiger partial charge on any atom is -0.325 e. The fraction of sp³-hybridized carbons (Fsp3) is 0.385. The molecule has 1 aromatic rings. The quantitative estimate of drug-likeness (QED) is 0.471. The zero-order chi connectivity index (χ0) is 17.0. The number of likely N-dealkylation sites (N-methyl/N-ethyl adjacent to an activating group) is 1. The molecule has 2 unspecified atom stereocenters. The molecule has 0 bridgehead atoms. The molecule has 2 rings (SSSR count). The molecule has 0 aliphatic carbocycles. The van der Waals surface area contributed by atoms with Gasteiger partial charge < -0.3 is 5.32 Å². The summed E-state index contributed by atoms with van der Waals surface area (Å²) in [5, 5.41) is 2.61. The van der Waals surface area contributed by atoms with E-state index in [0.717, 1.165) is 0 Å². The molecule has 0 radical (unpaired) electrons. The maximum absolute atomic E-state index is 13.2. The van der Waals surface area contributed by atoms with Gasteiger partial charge in [0.05, 0.1) is 5.02 Å². The molecule has 2 amide bonds. The summed E-state index contributed by atoms with van der Waals surface area (Å²) in [6.45, 7) is 0. The Hall–Kier alpha value is -1.39. The van der Waals surface area contributed by atoms with Crippen molar-refractivity contribution in [3.05, 3.63) is 29.0 Å². The van der Waals surface area contributed by atoms with Crippen LogP contribution in [0.4, 0.5) is 10.1 Å². The zero-order valence-electron chi connectivity index (χ0n) is 12.5. The fourth-order valence-electron chi connectivity index (χ4n) is 2.07. The van der Waals surface area contributed by atoms with E-state index in [2.05, 4.69) is 20.9 Å². The maximum Gasteiger partial charge on any atom is 0.252 e. The largest absolute Gasteiger partial charge is 0.325 e.